The Bertz CT molecular complexity index is 766. The van der Waals surface area contributed by atoms with Gasteiger partial charge in [0, 0.05) is 31.6 Å². The van der Waals surface area contributed by atoms with Crippen LogP contribution in [0.15, 0.2) is 17.5 Å². The van der Waals surface area contributed by atoms with Gasteiger partial charge in [-0.05, 0) is 37.6 Å². The molecule has 1 fully saturated rings. The Balaban J connectivity index is 1.68. The molecule has 2 amide bonds. The number of piperidine rings is 1. The van der Waals surface area contributed by atoms with Gasteiger partial charge in [0.05, 0.1) is 10.6 Å². The molecule has 1 saturated heterocycles. The maximum absolute atomic E-state index is 12.7. The molecule has 1 aliphatic heterocycles. The third-order valence-electron chi connectivity index (χ3n) is 4.79. The van der Waals surface area contributed by atoms with E-state index in [1.165, 1.54) is 11.3 Å². The van der Waals surface area contributed by atoms with Crippen molar-refractivity contribution in [1.29, 1.82) is 0 Å². The number of Topliss-reactive ketones (excluding diaryl/α,β-unsaturated/α-hetero) is 1. The molecule has 134 valence electrons. The van der Waals surface area contributed by atoms with Gasteiger partial charge in [-0.2, -0.15) is 5.10 Å². The number of carbonyl (C=O) groups is 2. The van der Waals surface area contributed by atoms with Gasteiger partial charge in [-0.25, -0.2) is 4.79 Å². The van der Waals surface area contributed by atoms with Gasteiger partial charge in [0.1, 0.15) is 5.82 Å². The summed E-state index contributed by atoms with van der Waals surface area (Å²) in [4.78, 5) is 27.8. The fraction of sp³-hybridized carbons (Fsp3) is 0.500. The molecule has 6 nitrogen and oxygen atoms in total. The van der Waals surface area contributed by atoms with Crippen LogP contribution in [0.5, 0.6) is 0 Å². The number of urea groups is 1. The molecule has 1 aliphatic rings. The van der Waals surface area contributed by atoms with Gasteiger partial charge < -0.3 is 4.90 Å². The van der Waals surface area contributed by atoms with Gasteiger partial charge in [0.25, 0.3) is 0 Å². The lowest BCUT2D eigenvalue weighted by Gasteiger charge is -2.31. The number of nitrogens with zero attached hydrogens (tertiary/aromatic N) is 3. The molecule has 1 atom stereocenters. The maximum Gasteiger partial charge on any atom is 0.323 e. The van der Waals surface area contributed by atoms with Crippen molar-refractivity contribution in [1.82, 2.24) is 14.7 Å². The van der Waals surface area contributed by atoms with Crippen LogP contribution in [0.1, 0.15) is 40.7 Å². The van der Waals surface area contributed by atoms with E-state index in [1.54, 1.807) is 9.58 Å². The van der Waals surface area contributed by atoms with Crippen molar-refractivity contribution in [3.63, 3.8) is 0 Å². The zero-order valence-corrected chi connectivity index (χ0v) is 15.7. The molecule has 0 aromatic carbocycles. The third-order valence-corrected chi connectivity index (χ3v) is 5.67. The van der Waals surface area contributed by atoms with E-state index in [4.69, 9.17) is 0 Å². The Morgan fingerprint density at radius 3 is 2.88 bits per heavy atom. The van der Waals surface area contributed by atoms with Crippen LogP contribution in [0.3, 0.4) is 0 Å². The SMILES string of the molecule is CCc1nn(C)c(NC(=O)N2CCCC(C(=O)c3cccs3)C2)c1C. The number of likely N-dealkylation sites (tertiary alicyclic amines) is 1. The highest BCUT2D eigenvalue weighted by atomic mass is 32.1. The van der Waals surface area contributed by atoms with Crippen molar-refractivity contribution >= 4 is 29.0 Å². The number of anilines is 1. The molecule has 0 saturated carbocycles. The summed E-state index contributed by atoms with van der Waals surface area (Å²) in [5, 5.41) is 9.32. The Morgan fingerprint density at radius 1 is 1.44 bits per heavy atom. The molecule has 7 heteroatoms. The second-order valence-electron chi connectivity index (χ2n) is 6.45. The van der Waals surface area contributed by atoms with Gasteiger partial charge in [0.15, 0.2) is 5.78 Å². The highest BCUT2D eigenvalue weighted by Gasteiger charge is 2.30. The Hall–Kier alpha value is -2.15. The van der Waals surface area contributed by atoms with E-state index in [9.17, 15) is 9.59 Å². The fourth-order valence-electron chi connectivity index (χ4n) is 3.37. The molecule has 2 aromatic rings. The van der Waals surface area contributed by atoms with Gasteiger partial charge >= 0.3 is 6.03 Å². The zero-order chi connectivity index (χ0) is 18.0. The standard InChI is InChI=1S/C18H24N4O2S/c1-4-14-12(2)17(21(3)20-14)19-18(24)22-9-5-7-13(11-22)16(23)15-8-6-10-25-15/h6,8,10,13H,4-5,7,9,11H2,1-3H3,(H,19,24). The number of carbonyl (C=O) groups excluding carboxylic acids is 2. The van der Waals surface area contributed by atoms with E-state index in [2.05, 4.69) is 10.4 Å². The number of rotatable bonds is 4. The molecule has 1 N–H and O–H groups in total. The number of aryl methyl sites for hydroxylation is 2. The lowest BCUT2D eigenvalue weighted by Crippen LogP contribution is -2.44. The number of hydrogen-bond donors (Lipinski definition) is 1. The van der Waals surface area contributed by atoms with Crippen molar-refractivity contribution in [2.45, 2.75) is 33.1 Å². The van der Waals surface area contributed by atoms with Crippen molar-refractivity contribution in [3.8, 4) is 0 Å². The molecule has 3 rings (SSSR count). The Labute approximate surface area is 151 Å². The quantitative estimate of drug-likeness (QED) is 0.849. The first-order valence-corrected chi connectivity index (χ1v) is 9.55. The van der Waals surface area contributed by atoms with E-state index in [0.29, 0.717) is 13.1 Å². The molecule has 0 radical (unpaired) electrons. The lowest BCUT2D eigenvalue weighted by atomic mass is 9.93. The minimum Gasteiger partial charge on any atom is -0.324 e. The molecular formula is C18H24N4O2S. The smallest absolute Gasteiger partial charge is 0.323 e. The first kappa shape index (κ1) is 17.7. The highest BCUT2D eigenvalue weighted by Crippen LogP contribution is 2.24. The number of nitrogens with one attached hydrogen (secondary N) is 1. The average Bonchev–Trinajstić information content (AvgIpc) is 3.25. The first-order chi connectivity index (χ1) is 12.0. The number of ketones is 1. The van der Waals surface area contributed by atoms with E-state index < -0.39 is 0 Å². The van der Waals surface area contributed by atoms with E-state index in [1.807, 2.05) is 38.4 Å². The van der Waals surface area contributed by atoms with Crippen LogP contribution in [-0.4, -0.2) is 39.6 Å². The molecular weight excluding hydrogens is 336 g/mol. The molecule has 1 unspecified atom stereocenters. The summed E-state index contributed by atoms with van der Waals surface area (Å²) in [5.74, 6) is 0.767. The molecule has 0 bridgehead atoms. The topological polar surface area (TPSA) is 67.2 Å². The normalized spacial score (nSPS) is 17.6. The molecule has 3 heterocycles. The van der Waals surface area contributed by atoms with Gasteiger partial charge in [-0.3, -0.25) is 14.8 Å². The van der Waals surface area contributed by atoms with Crippen molar-refractivity contribution in [2.24, 2.45) is 13.0 Å². The first-order valence-electron chi connectivity index (χ1n) is 8.67. The second-order valence-corrected chi connectivity index (χ2v) is 7.40. The van der Waals surface area contributed by atoms with Gasteiger partial charge in [-0.15, -0.1) is 11.3 Å². The lowest BCUT2D eigenvalue weighted by molar-refractivity contribution is 0.0855. The summed E-state index contributed by atoms with van der Waals surface area (Å²) in [6.07, 6.45) is 2.52. The summed E-state index contributed by atoms with van der Waals surface area (Å²) in [6, 6.07) is 3.59. The summed E-state index contributed by atoms with van der Waals surface area (Å²) < 4.78 is 1.71. The van der Waals surface area contributed by atoms with Crippen molar-refractivity contribution in [2.75, 3.05) is 18.4 Å². The molecule has 0 aliphatic carbocycles. The van der Waals surface area contributed by atoms with Crippen molar-refractivity contribution < 1.29 is 9.59 Å². The predicted octanol–water partition coefficient (Wildman–Crippen LogP) is 3.48. The van der Waals surface area contributed by atoms with Crippen LogP contribution in [0, 0.1) is 12.8 Å². The Kier molecular flexibility index (Phi) is 5.22. The predicted molar refractivity (Wildman–Crippen MR) is 99.3 cm³/mol. The number of hydrogen-bond acceptors (Lipinski definition) is 4. The highest BCUT2D eigenvalue weighted by molar-refractivity contribution is 7.12. The number of aromatic nitrogens is 2. The molecule has 0 spiro atoms. The summed E-state index contributed by atoms with van der Waals surface area (Å²) in [5.41, 5.74) is 1.99. The second kappa shape index (κ2) is 7.39. The molecule has 25 heavy (non-hydrogen) atoms. The minimum atomic E-state index is -0.155. The maximum atomic E-state index is 12.7. The number of thiophene rings is 1. The van der Waals surface area contributed by atoms with Crippen LogP contribution in [0.25, 0.3) is 0 Å². The van der Waals surface area contributed by atoms with Crippen LogP contribution in [-0.2, 0) is 13.5 Å². The van der Waals surface area contributed by atoms with Crippen molar-refractivity contribution in [3.05, 3.63) is 33.6 Å². The van der Waals surface area contributed by atoms with E-state index in [0.717, 1.165) is 41.2 Å². The van der Waals surface area contributed by atoms with Crippen LogP contribution in [0.4, 0.5) is 10.6 Å². The van der Waals surface area contributed by atoms with Gasteiger partial charge in [0.2, 0.25) is 0 Å². The largest absolute Gasteiger partial charge is 0.324 e. The average molecular weight is 360 g/mol. The van der Waals surface area contributed by atoms with Crippen LogP contribution < -0.4 is 5.32 Å². The molecule has 2 aromatic heterocycles. The third kappa shape index (κ3) is 3.61. The summed E-state index contributed by atoms with van der Waals surface area (Å²) in [6.45, 7) is 5.17. The van der Waals surface area contributed by atoms with E-state index >= 15 is 0 Å². The fourth-order valence-corrected chi connectivity index (χ4v) is 4.12. The number of amides is 2. The minimum absolute atomic E-state index is 0.114. The van der Waals surface area contributed by atoms with E-state index in [-0.39, 0.29) is 17.7 Å². The van der Waals surface area contributed by atoms with Crippen LogP contribution in [0.2, 0.25) is 0 Å². The monoisotopic (exact) mass is 360 g/mol. The van der Waals surface area contributed by atoms with Gasteiger partial charge in [-0.1, -0.05) is 13.0 Å². The summed E-state index contributed by atoms with van der Waals surface area (Å²) >= 11 is 1.47. The van der Waals surface area contributed by atoms with Crippen LogP contribution >= 0.6 is 11.3 Å². The summed E-state index contributed by atoms with van der Waals surface area (Å²) in [7, 11) is 1.83. The Morgan fingerprint density at radius 2 is 2.24 bits per heavy atom. The zero-order valence-electron chi connectivity index (χ0n) is 14.9.